The number of carbonyl (C=O) groups excluding carboxylic acids is 2. The standard InChI is InChI=1S/C32H40N2O12/c35-22(19-46-30(32(41)42)29(38)31(39)40)7-3-20-4-8-23(9-5-20)43-14-11-27(36)33-24(18-34-12-1-2-13-34)28(37)21-6-10-25-26(17-21)45-16-15-44-25/h4-6,8-10,17,24,28-30,37-38H,1-3,7,11-16,18-19H2,(H,33,36)(H,39,40)(H,41,42). The molecule has 0 aromatic heterocycles. The number of nitrogens with one attached hydrogen (secondary N) is 1. The van der Waals surface area contributed by atoms with Gasteiger partial charge in [0.1, 0.15) is 31.7 Å². The number of carboxylic acids is 2. The Morgan fingerprint density at radius 3 is 2.26 bits per heavy atom. The van der Waals surface area contributed by atoms with Crippen LogP contribution in [0.2, 0.25) is 0 Å². The van der Waals surface area contributed by atoms with E-state index in [1.807, 2.05) is 0 Å². The number of hydrogen-bond donors (Lipinski definition) is 5. The average molecular weight is 645 g/mol. The molecule has 1 amide bonds. The second-order valence-corrected chi connectivity index (χ2v) is 11.2. The molecule has 4 unspecified atom stereocenters. The molecule has 250 valence electrons. The van der Waals surface area contributed by atoms with Crippen molar-refractivity contribution in [3.05, 3.63) is 53.6 Å². The number of aliphatic hydroxyl groups excluding tert-OH is 2. The quantitative estimate of drug-likeness (QED) is 0.154. The van der Waals surface area contributed by atoms with Crippen molar-refractivity contribution in [1.82, 2.24) is 10.2 Å². The Labute approximate surface area is 265 Å². The summed E-state index contributed by atoms with van der Waals surface area (Å²) >= 11 is 0. The van der Waals surface area contributed by atoms with E-state index in [0.717, 1.165) is 31.5 Å². The lowest BCUT2D eigenvalue weighted by molar-refractivity contribution is -0.171. The highest BCUT2D eigenvalue weighted by molar-refractivity contribution is 5.84. The van der Waals surface area contributed by atoms with E-state index in [-0.39, 0.29) is 25.4 Å². The van der Waals surface area contributed by atoms with Gasteiger partial charge in [-0.2, -0.15) is 0 Å². The Hall–Kier alpha value is -4.24. The molecule has 1 fully saturated rings. The molecule has 4 atom stereocenters. The Morgan fingerprint density at radius 2 is 1.59 bits per heavy atom. The first-order valence-corrected chi connectivity index (χ1v) is 15.2. The molecule has 14 heteroatoms. The number of aryl methyl sites for hydroxylation is 1. The summed E-state index contributed by atoms with van der Waals surface area (Å²) in [4.78, 5) is 49.2. The second kappa shape index (κ2) is 16.9. The molecule has 0 aliphatic carbocycles. The number of benzene rings is 2. The van der Waals surface area contributed by atoms with E-state index in [0.29, 0.717) is 49.0 Å². The molecule has 5 N–H and O–H groups in total. The maximum absolute atomic E-state index is 12.9. The molecular formula is C32H40N2O12. The predicted octanol–water partition coefficient (Wildman–Crippen LogP) is 0.958. The average Bonchev–Trinajstić information content (AvgIpc) is 3.56. The van der Waals surface area contributed by atoms with Gasteiger partial charge in [-0.1, -0.05) is 18.2 Å². The zero-order valence-electron chi connectivity index (χ0n) is 25.3. The third-order valence-corrected chi connectivity index (χ3v) is 7.71. The van der Waals surface area contributed by atoms with E-state index >= 15 is 0 Å². The number of hydrogen-bond acceptors (Lipinski definition) is 11. The molecule has 0 bridgehead atoms. The van der Waals surface area contributed by atoms with Crippen LogP contribution in [-0.2, 0) is 30.3 Å². The van der Waals surface area contributed by atoms with E-state index in [2.05, 4.69) is 10.2 Å². The third kappa shape index (κ3) is 10.1. The van der Waals surface area contributed by atoms with Gasteiger partial charge in [0, 0.05) is 13.0 Å². The highest BCUT2D eigenvalue weighted by atomic mass is 16.6. The lowest BCUT2D eigenvalue weighted by atomic mass is 10.0. The van der Waals surface area contributed by atoms with Crippen molar-refractivity contribution >= 4 is 23.6 Å². The molecule has 4 rings (SSSR count). The second-order valence-electron chi connectivity index (χ2n) is 11.2. The molecule has 46 heavy (non-hydrogen) atoms. The van der Waals surface area contributed by atoms with E-state index in [9.17, 15) is 29.4 Å². The summed E-state index contributed by atoms with van der Waals surface area (Å²) in [6.45, 7) is 2.66. The number of fused-ring (bicyclic) bond motifs is 1. The van der Waals surface area contributed by atoms with Crippen LogP contribution in [0, 0.1) is 0 Å². The van der Waals surface area contributed by atoms with E-state index in [1.165, 1.54) is 0 Å². The van der Waals surface area contributed by atoms with Gasteiger partial charge in [0.25, 0.3) is 0 Å². The molecule has 0 saturated carbocycles. The molecular weight excluding hydrogens is 604 g/mol. The molecule has 0 radical (unpaired) electrons. The number of nitrogens with zero attached hydrogens (tertiary/aromatic N) is 1. The maximum atomic E-state index is 12.9. The number of carbonyl (C=O) groups is 4. The normalized spacial score (nSPS) is 17.0. The van der Waals surface area contributed by atoms with Gasteiger partial charge in [-0.15, -0.1) is 0 Å². The summed E-state index contributed by atoms with van der Waals surface area (Å²) in [7, 11) is 0. The van der Waals surface area contributed by atoms with Gasteiger partial charge in [-0.25, -0.2) is 9.59 Å². The van der Waals surface area contributed by atoms with Crippen LogP contribution in [0.1, 0.15) is 42.9 Å². The smallest absolute Gasteiger partial charge is 0.336 e. The van der Waals surface area contributed by atoms with Crippen LogP contribution < -0.4 is 19.5 Å². The van der Waals surface area contributed by atoms with Crippen LogP contribution in [0.5, 0.6) is 17.2 Å². The van der Waals surface area contributed by atoms with Gasteiger partial charge in [0.15, 0.2) is 29.5 Å². The maximum Gasteiger partial charge on any atom is 0.336 e. The first-order valence-electron chi connectivity index (χ1n) is 15.2. The van der Waals surface area contributed by atoms with Gasteiger partial charge in [0.05, 0.1) is 19.1 Å². The Kier molecular flexibility index (Phi) is 12.7. The number of aliphatic hydroxyl groups is 2. The molecule has 2 aliphatic heterocycles. The summed E-state index contributed by atoms with van der Waals surface area (Å²) < 4.78 is 21.8. The van der Waals surface area contributed by atoms with Crippen molar-refractivity contribution in [2.75, 3.05) is 46.1 Å². The molecule has 2 aromatic carbocycles. The molecule has 1 saturated heterocycles. The lowest BCUT2D eigenvalue weighted by Gasteiger charge is -2.29. The Morgan fingerprint density at radius 1 is 0.891 bits per heavy atom. The van der Waals surface area contributed by atoms with Crippen LogP contribution >= 0.6 is 0 Å². The summed E-state index contributed by atoms with van der Waals surface area (Å²) in [6.07, 6.45) is -2.77. The minimum Gasteiger partial charge on any atom is -0.493 e. The van der Waals surface area contributed by atoms with Crippen LogP contribution in [0.3, 0.4) is 0 Å². The molecule has 0 spiro atoms. The number of carboxylic acid groups (broad SMARTS) is 2. The topological polar surface area (TPSA) is 201 Å². The van der Waals surface area contributed by atoms with Gasteiger partial charge >= 0.3 is 11.9 Å². The summed E-state index contributed by atoms with van der Waals surface area (Å²) in [5, 5.41) is 41.4. The zero-order valence-corrected chi connectivity index (χ0v) is 25.3. The van der Waals surface area contributed by atoms with Crippen molar-refractivity contribution in [2.45, 2.75) is 56.5 Å². The van der Waals surface area contributed by atoms with Gasteiger partial charge in [-0.3, -0.25) is 9.59 Å². The number of aliphatic carboxylic acids is 2. The van der Waals surface area contributed by atoms with Gasteiger partial charge in [0.2, 0.25) is 5.91 Å². The fourth-order valence-electron chi connectivity index (χ4n) is 5.20. The number of rotatable bonds is 18. The minimum absolute atomic E-state index is 0.00653. The molecule has 14 nitrogen and oxygen atoms in total. The number of Topliss-reactive ketones (excluding diaryl/α,β-unsaturated/α-hetero) is 1. The Bertz CT molecular complexity index is 1350. The summed E-state index contributed by atoms with van der Waals surface area (Å²) in [5.41, 5.74) is 1.41. The monoisotopic (exact) mass is 644 g/mol. The number of likely N-dealkylation sites (tertiary alicyclic amines) is 1. The summed E-state index contributed by atoms with van der Waals surface area (Å²) in [5.74, 6) is -2.47. The zero-order chi connectivity index (χ0) is 33.1. The van der Waals surface area contributed by atoms with Crippen molar-refractivity contribution in [2.24, 2.45) is 0 Å². The van der Waals surface area contributed by atoms with Crippen LogP contribution in [-0.4, -0.2) is 113 Å². The van der Waals surface area contributed by atoms with Crippen molar-refractivity contribution in [3.8, 4) is 17.2 Å². The fraction of sp³-hybridized carbons (Fsp3) is 0.500. The molecule has 2 heterocycles. The number of amides is 1. The van der Waals surface area contributed by atoms with E-state index in [4.69, 9.17) is 29.2 Å². The molecule has 2 aromatic rings. The number of ether oxygens (including phenoxy) is 4. The SMILES string of the molecule is O=C(CCc1ccc(OCCC(=O)NC(CN2CCCC2)C(O)c2ccc3c(c2)OCCO3)cc1)COC(C(=O)O)C(O)C(=O)O. The van der Waals surface area contributed by atoms with Crippen LogP contribution in [0.25, 0.3) is 0 Å². The van der Waals surface area contributed by atoms with Crippen molar-refractivity contribution < 1.29 is 58.6 Å². The highest BCUT2D eigenvalue weighted by Gasteiger charge is 2.33. The molecule has 2 aliphatic rings. The van der Waals surface area contributed by atoms with E-state index < -0.39 is 48.7 Å². The largest absolute Gasteiger partial charge is 0.493 e. The third-order valence-electron chi connectivity index (χ3n) is 7.71. The first kappa shape index (κ1) is 34.6. The van der Waals surface area contributed by atoms with Crippen LogP contribution in [0.15, 0.2) is 42.5 Å². The van der Waals surface area contributed by atoms with Gasteiger partial charge < -0.3 is 49.6 Å². The Balaban J connectivity index is 1.22. The number of ketones is 1. The van der Waals surface area contributed by atoms with E-state index in [1.54, 1.807) is 42.5 Å². The fourth-order valence-corrected chi connectivity index (χ4v) is 5.20. The predicted molar refractivity (Wildman–Crippen MR) is 161 cm³/mol. The van der Waals surface area contributed by atoms with Gasteiger partial charge in [-0.05, 0) is 67.7 Å². The minimum atomic E-state index is -2.29. The lowest BCUT2D eigenvalue weighted by Crippen LogP contribution is -2.47. The first-order chi connectivity index (χ1) is 22.1. The summed E-state index contributed by atoms with van der Waals surface area (Å²) in [6, 6.07) is 11.6. The van der Waals surface area contributed by atoms with Crippen LogP contribution in [0.4, 0.5) is 0 Å². The highest BCUT2D eigenvalue weighted by Crippen LogP contribution is 2.33. The van der Waals surface area contributed by atoms with Crippen molar-refractivity contribution in [3.63, 3.8) is 0 Å². The van der Waals surface area contributed by atoms with Crippen molar-refractivity contribution in [1.29, 1.82) is 0 Å².